The minimum absolute atomic E-state index is 0.00309. The van der Waals surface area contributed by atoms with Crippen LogP contribution in [0.2, 0.25) is 0 Å². The van der Waals surface area contributed by atoms with E-state index < -0.39 is 21.7 Å². The van der Waals surface area contributed by atoms with Crippen LogP contribution >= 0.6 is 0 Å². The second-order valence-corrected chi connectivity index (χ2v) is 12.2. The molecule has 0 unspecified atom stereocenters. The Labute approximate surface area is 198 Å². The molecule has 34 heavy (non-hydrogen) atoms. The van der Waals surface area contributed by atoms with Crippen LogP contribution in [0.4, 0.5) is 8.78 Å². The van der Waals surface area contributed by atoms with Crippen molar-refractivity contribution < 1.29 is 22.0 Å². The highest BCUT2D eigenvalue weighted by Gasteiger charge is 2.41. The van der Waals surface area contributed by atoms with Gasteiger partial charge in [0.05, 0.1) is 28.0 Å². The summed E-state index contributed by atoms with van der Waals surface area (Å²) in [7, 11) is -3.38. The van der Waals surface area contributed by atoms with E-state index in [2.05, 4.69) is 9.97 Å². The number of aryl methyl sites for hydroxylation is 1. The fourth-order valence-electron chi connectivity index (χ4n) is 4.73. The molecule has 1 aromatic heterocycles. The predicted molar refractivity (Wildman–Crippen MR) is 124 cm³/mol. The predicted octanol–water partition coefficient (Wildman–Crippen LogP) is 5.23. The molecular formula is C26H28F2N2O3S. The normalized spacial score (nSPS) is 22.7. The fourth-order valence-corrected chi connectivity index (χ4v) is 6.66. The van der Waals surface area contributed by atoms with Gasteiger partial charge in [0.15, 0.2) is 15.6 Å². The molecule has 5 rings (SSSR count). The lowest BCUT2D eigenvalue weighted by atomic mass is 9.92. The first-order valence-corrected chi connectivity index (χ1v) is 13.5. The molecule has 1 heterocycles. The zero-order chi connectivity index (χ0) is 24.1. The number of rotatable bonds is 8. The Morgan fingerprint density at radius 2 is 1.88 bits per heavy atom. The number of alkyl halides is 2. The zero-order valence-corrected chi connectivity index (χ0v) is 20.0. The lowest BCUT2D eigenvalue weighted by Crippen LogP contribution is -2.13. The standard InChI is InChI=1S/C26H28F2N2O3S/c1-16-14-30-20(15-29-16)12-24(31)22(10-17-8-9-26(27,28)13-17)19-4-7-25(23(11-19)18-2-3-18)34(32,33)21-5-6-21/h4,7,10-11,14-15,17-18,21H,2-3,5-6,8-9,12-13H2,1H3/b22-10+/t17-/m1/s1. The van der Waals surface area contributed by atoms with Gasteiger partial charge >= 0.3 is 0 Å². The summed E-state index contributed by atoms with van der Waals surface area (Å²) in [6.07, 6.45) is 7.86. The number of carbonyl (C=O) groups excluding carboxylic acids is 1. The molecule has 1 aromatic carbocycles. The molecule has 180 valence electrons. The molecule has 0 bridgehead atoms. The Balaban J connectivity index is 1.52. The van der Waals surface area contributed by atoms with Gasteiger partial charge in [-0.1, -0.05) is 12.1 Å². The summed E-state index contributed by atoms with van der Waals surface area (Å²) in [5.41, 5.74) is 2.96. The van der Waals surface area contributed by atoms with Gasteiger partial charge in [-0.3, -0.25) is 14.8 Å². The summed E-state index contributed by atoms with van der Waals surface area (Å²) in [5.74, 6) is -3.19. The van der Waals surface area contributed by atoms with Crippen molar-refractivity contribution in [2.24, 2.45) is 5.92 Å². The van der Waals surface area contributed by atoms with Crippen molar-refractivity contribution in [3.63, 3.8) is 0 Å². The van der Waals surface area contributed by atoms with Gasteiger partial charge in [-0.15, -0.1) is 0 Å². The van der Waals surface area contributed by atoms with E-state index in [1.54, 1.807) is 37.5 Å². The first kappa shape index (κ1) is 23.3. The second kappa shape index (κ2) is 8.63. The number of halogens is 2. The van der Waals surface area contributed by atoms with Crippen molar-refractivity contribution in [2.75, 3.05) is 0 Å². The molecule has 3 aliphatic rings. The molecule has 3 saturated carbocycles. The van der Waals surface area contributed by atoms with E-state index in [-0.39, 0.29) is 36.2 Å². The molecule has 0 N–H and O–H groups in total. The second-order valence-electron chi connectivity index (χ2n) is 9.96. The molecule has 3 aliphatic carbocycles. The number of sulfone groups is 1. The van der Waals surface area contributed by atoms with Crippen LogP contribution < -0.4 is 0 Å². The highest BCUT2D eigenvalue weighted by molar-refractivity contribution is 7.92. The first-order chi connectivity index (χ1) is 16.1. The van der Waals surface area contributed by atoms with Crippen molar-refractivity contribution in [3.05, 3.63) is 59.2 Å². The van der Waals surface area contributed by atoms with E-state index in [0.717, 1.165) is 24.1 Å². The van der Waals surface area contributed by atoms with Crippen molar-refractivity contribution in [1.29, 1.82) is 0 Å². The van der Waals surface area contributed by atoms with Crippen LogP contribution in [-0.4, -0.2) is 35.3 Å². The smallest absolute Gasteiger partial charge is 0.248 e. The van der Waals surface area contributed by atoms with Gasteiger partial charge in [0, 0.05) is 30.8 Å². The molecule has 3 fully saturated rings. The molecule has 2 aromatic rings. The van der Waals surface area contributed by atoms with E-state index in [1.807, 2.05) is 6.07 Å². The number of ketones is 1. The summed E-state index contributed by atoms with van der Waals surface area (Å²) in [6.45, 7) is 1.81. The summed E-state index contributed by atoms with van der Waals surface area (Å²) in [6, 6.07) is 5.09. The molecular weight excluding hydrogens is 458 g/mol. The quantitative estimate of drug-likeness (QED) is 0.478. The number of aromatic nitrogens is 2. The molecule has 0 amide bonds. The number of allylic oxidation sites excluding steroid dienone is 2. The Kier molecular flexibility index (Phi) is 5.91. The molecule has 0 saturated heterocycles. The van der Waals surface area contributed by atoms with Gasteiger partial charge in [0.25, 0.3) is 0 Å². The number of hydrogen-bond donors (Lipinski definition) is 0. The Hall–Kier alpha value is -2.48. The molecule has 5 nitrogen and oxygen atoms in total. The average molecular weight is 487 g/mol. The van der Waals surface area contributed by atoms with Crippen LogP contribution in [0.25, 0.3) is 5.57 Å². The van der Waals surface area contributed by atoms with Gasteiger partial charge in [-0.2, -0.15) is 0 Å². The van der Waals surface area contributed by atoms with Gasteiger partial charge in [0.1, 0.15) is 0 Å². The first-order valence-electron chi connectivity index (χ1n) is 11.9. The zero-order valence-electron chi connectivity index (χ0n) is 19.1. The van der Waals surface area contributed by atoms with Crippen molar-refractivity contribution in [2.45, 2.75) is 80.3 Å². The SMILES string of the molecule is Cc1cnc(CC(=O)/C(=C/[C@H]2CCC(F)(F)C2)c2ccc(S(=O)(=O)C3CC3)c(C3CC3)c2)cn1. The lowest BCUT2D eigenvalue weighted by Gasteiger charge is -2.15. The monoisotopic (exact) mass is 486 g/mol. The van der Waals surface area contributed by atoms with Gasteiger partial charge < -0.3 is 0 Å². The summed E-state index contributed by atoms with van der Waals surface area (Å²) in [5, 5.41) is -0.312. The van der Waals surface area contributed by atoms with Crippen molar-refractivity contribution in [3.8, 4) is 0 Å². The minimum Gasteiger partial charge on any atom is -0.294 e. The number of Topliss-reactive ketones (excluding diaryl/α,β-unsaturated/α-hetero) is 1. The van der Waals surface area contributed by atoms with Crippen molar-refractivity contribution >= 4 is 21.2 Å². The molecule has 1 atom stereocenters. The Morgan fingerprint density at radius 1 is 1.12 bits per heavy atom. The lowest BCUT2D eigenvalue weighted by molar-refractivity contribution is -0.113. The highest BCUT2D eigenvalue weighted by atomic mass is 32.2. The van der Waals surface area contributed by atoms with E-state index >= 15 is 0 Å². The third-order valence-corrected chi connectivity index (χ3v) is 9.26. The van der Waals surface area contributed by atoms with Crippen LogP contribution in [0.1, 0.15) is 73.4 Å². The third kappa shape index (κ3) is 4.97. The summed E-state index contributed by atoms with van der Waals surface area (Å²) >= 11 is 0. The fraction of sp³-hybridized carbons (Fsp3) is 0.500. The largest absolute Gasteiger partial charge is 0.294 e. The average Bonchev–Trinajstić information content (AvgIpc) is 3.69. The number of nitrogens with zero attached hydrogens (tertiary/aromatic N) is 2. The maximum absolute atomic E-state index is 13.9. The molecule has 0 aliphatic heterocycles. The highest BCUT2D eigenvalue weighted by Crippen LogP contribution is 2.47. The van der Waals surface area contributed by atoms with E-state index in [9.17, 15) is 22.0 Å². The Bertz CT molecular complexity index is 1250. The molecule has 8 heteroatoms. The summed E-state index contributed by atoms with van der Waals surface area (Å²) in [4.78, 5) is 22.2. The maximum atomic E-state index is 13.9. The topological polar surface area (TPSA) is 77.0 Å². The van der Waals surface area contributed by atoms with Crippen molar-refractivity contribution in [1.82, 2.24) is 9.97 Å². The van der Waals surface area contributed by atoms with Gasteiger partial charge in [-0.05, 0) is 74.1 Å². The number of hydrogen-bond acceptors (Lipinski definition) is 5. The van der Waals surface area contributed by atoms with E-state index in [1.165, 1.54) is 0 Å². The van der Waals surface area contributed by atoms with Crippen LogP contribution in [-0.2, 0) is 21.1 Å². The number of benzene rings is 1. The summed E-state index contributed by atoms with van der Waals surface area (Å²) < 4.78 is 53.8. The van der Waals surface area contributed by atoms with Crippen LogP contribution in [0, 0.1) is 12.8 Å². The van der Waals surface area contributed by atoms with Gasteiger partial charge in [-0.25, -0.2) is 17.2 Å². The third-order valence-electron chi connectivity index (χ3n) is 6.93. The molecule has 0 spiro atoms. The maximum Gasteiger partial charge on any atom is 0.248 e. The minimum atomic E-state index is -3.38. The molecule has 0 radical (unpaired) electrons. The van der Waals surface area contributed by atoms with E-state index in [4.69, 9.17) is 0 Å². The van der Waals surface area contributed by atoms with Gasteiger partial charge in [0.2, 0.25) is 5.92 Å². The van der Waals surface area contributed by atoms with Crippen LogP contribution in [0.5, 0.6) is 0 Å². The van der Waals surface area contributed by atoms with Crippen LogP contribution in [0.3, 0.4) is 0 Å². The number of carbonyl (C=O) groups is 1. The Morgan fingerprint density at radius 3 is 2.47 bits per heavy atom. The van der Waals surface area contributed by atoms with Crippen LogP contribution in [0.15, 0.2) is 41.6 Å². The van der Waals surface area contributed by atoms with E-state index in [0.29, 0.717) is 41.0 Å².